The largest absolute Gasteiger partial charge is 0.288 e. The standard InChI is InChI=1S/C8H13NO2S/c1-3-6(2)4-9-7(10)5-12-8(9)11/h6H,3-5H2,1-2H3. The Kier molecular flexibility index (Phi) is 3.14. The van der Waals surface area contributed by atoms with Crippen LogP contribution in [0.4, 0.5) is 4.79 Å². The topological polar surface area (TPSA) is 37.4 Å². The summed E-state index contributed by atoms with van der Waals surface area (Å²) in [6.07, 6.45) is 1.00. The van der Waals surface area contributed by atoms with Crippen molar-refractivity contribution in [2.45, 2.75) is 20.3 Å². The van der Waals surface area contributed by atoms with Crippen LogP contribution < -0.4 is 0 Å². The van der Waals surface area contributed by atoms with Crippen LogP contribution in [0.3, 0.4) is 0 Å². The zero-order valence-electron chi connectivity index (χ0n) is 7.37. The molecule has 1 rings (SSSR count). The molecule has 1 aliphatic heterocycles. The summed E-state index contributed by atoms with van der Waals surface area (Å²) in [5, 5.41) is -0.0831. The number of thioether (sulfide) groups is 1. The fourth-order valence-corrected chi connectivity index (χ4v) is 1.73. The Morgan fingerprint density at radius 2 is 2.25 bits per heavy atom. The normalized spacial score (nSPS) is 20.3. The van der Waals surface area contributed by atoms with E-state index in [9.17, 15) is 9.59 Å². The van der Waals surface area contributed by atoms with Gasteiger partial charge < -0.3 is 0 Å². The van der Waals surface area contributed by atoms with Gasteiger partial charge in [-0.2, -0.15) is 0 Å². The number of rotatable bonds is 3. The monoisotopic (exact) mass is 187 g/mol. The van der Waals surface area contributed by atoms with E-state index in [1.165, 1.54) is 4.90 Å². The highest BCUT2D eigenvalue weighted by Crippen LogP contribution is 2.20. The van der Waals surface area contributed by atoms with Crippen molar-refractivity contribution in [3.63, 3.8) is 0 Å². The van der Waals surface area contributed by atoms with Gasteiger partial charge in [0.1, 0.15) is 0 Å². The molecule has 2 amide bonds. The maximum atomic E-state index is 11.1. The number of nitrogens with zero attached hydrogens (tertiary/aromatic N) is 1. The zero-order chi connectivity index (χ0) is 9.14. The molecule has 1 heterocycles. The van der Waals surface area contributed by atoms with E-state index < -0.39 is 0 Å². The van der Waals surface area contributed by atoms with Crippen LogP contribution >= 0.6 is 11.8 Å². The molecule has 0 aromatic rings. The maximum Gasteiger partial charge on any atom is 0.288 e. The van der Waals surface area contributed by atoms with Crippen LogP contribution in [0.25, 0.3) is 0 Å². The molecule has 1 unspecified atom stereocenters. The fraction of sp³-hybridized carbons (Fsp3) is 0.750. The van der Waals surface area contributed by atoms with E-state index in [2.05, 4.69) is 6.92 Å². The molecule has 0 aromatic heterocycles. The molecule has 0 radical (unpaired) electrons. The summed E-state index contributed by atoms with van der Waals surface area (Å²) >= 11 is 1.10. The minimum atomic E-state index is -0.0831. The maximum absolute atomic E-state index is 11.1. The molecule has 1 saturated heterocycles. The molecular weight excluding hydrogens is 174 g/mol. The van der Waals surface area contributed by atoms with Gasteiger partial charge in [0.2, 0.25) is 5.91 Å². The minimum absolute atomic E-state index is 0.0368. The van der Waals surface area contributed by atoms with Gasteiger partial charge in [-0.05, 0) is 5.92 Å². The molecule has 0 saturated carbocycles. The average molecular weight is 187 g/mol. The smallest absolute Gasteiger partial charge is 0.273 e. The Morgan fingerprint density at radius 1 is 1.58 bits per heavy atom. The van der Waals surface area contributed by atoms with E-state index in [-0.39, 0.29) is 11.1 Å². The predicted molar refractivity (Wildman–Crippen MR) is 49.0 cm³/mol. The molecule has 3 nitrogen and oxygen atoms in total. The third-order valence-corrected chi connectivity index (χ3v) is 2.89. The minimum Gasteiger partial charge on any atom is -0.273 e. The van der Waals surface area contributed by atoms with Crippen LogP contribution in [0.15, 0.2) is 0 Å². The lowest BCUT2D eigenvalue weighted by Gasteiger charge is -2.16. The number of amides is 2. The first kappa shape index (κ1) is 9.58. The first-order valence-corrected chi connectivity index (χ1v) is 5.10. The second-order valence-corrected chi connectivity index (χ2v) is 4.00. The summed E-state index contributed by atoms with van der Waals surface area (Å²) < 4.78 is 0. The number of imide groups is 1. The van der Waals surface area contributed by atoms with Gasteiger partial charge in [-0.1, -0.05) is 32.0 Å². The number of carbonyl (C=O) groups is 2. The van der Waals surface area contributed by atoms with Crippen LogP contribution in [0.1, 0.15) is 20.3 Å². The molecule has 1 aliphatic rings. The van der Waals surface area contributed by atoms with Gasteiger partial charge in [0, 0.05) is 6.54 Å². The molecule has 0 aliphatic carbocycles. The lowest BCUT2D eigenvalue weighted by Crippen LogP contribution is -2.32. The van der Waals surface area contributed by atoms with Crippen molar-refractivity contribution >= 4 is 22.9 Å². The van der Waals surface area contributed by atoms with Crippen molar-refractivity contribution in [1.29, 1.82) is 0 Å². The van der Waals surface area contributed by atoms with Crippen molar-refractivity contribution in [2.75, 3.05) is 12.3 Å². The first-order chi connectivity index (χ1) is 5.65. The van der Waals surface area contributed by atoms with E-state index in [0.29, 0.717) is 18.2 Å². The predicted octanol–water partition coefficient (Wildman–Crippen LogP) is 1.73. The second-order valence-electron chi connectivity index (χ2n) is 3.07. The molecule has 1 atom stereocenters. The fourth-order valence-electron chi connectivity index (χ4n) is 0.998. The van der Waals surface area contributed by atoms with Crippen molar-refractivity contribution in [3.8, 4) is 0 Å². The van der Waals surface area contributed by atoms with Crippen LogP contribution in [-0.2, 0) is 4.79 Å². The van der Waals surface area contributed by atoms with E-state index in [1.807, 2.05) is 6.92 Å². The molecule has 0 spiro atoms. The van der Waals surface area contributed by atoms with E-state index in [4.69, 9.17) is 0 Å². The highest BCUT2D eigenvalue weighted by molar-refractivity contribution is 8.14. The molecular formula is C8H13NO2S. The van der Waals surface area contributed by atoms with Crippen molar-refractivity contribution < 1.29 is 9.59 Å². The molecule has 0 bridgehead atoms. The van der Waals surface area contributed by atoms with E-state index in [1.54, 1.807) is 0 Å². The Balaban J connectivity index is 2.50. The summed E-state index contributed by atoms with van der Waals surface area (Å²) in [5.74, 6) is 0.705. The van der Waals surface area contributed by atoms with E-state index >= 15 is 0 Å². The number of hydrogen-bond donors (Lipinski definition) is 0. The molecule has 0 aromatic carbocycles. The molecule has 4 heteroatoms. The van der Waals surface area contributed by atoms with E-state index in [0.717, 1.165) is 18.2 Å². The summed E-state index contributed by atoms with van der Waals surface area (Å²) in [6.45, 7) is 4.69. The summed E-state index contributed by atoms with van der Waals surface area (Å²) in [6, 6.07) is 0. The van der Waals surface area contributed by atoms with Crippen molar-refractivity contribution in [3.05, 3.63) is 0 Å². The van der Waals surface area contributed by atoms with Crippen LogP contribution in [0, 0.1) is 5.92 Å². The van der Waals surface area contributed by atoms with Gasteiger partial charge in [0.15, 0.2) is 0 Å². The number of hydrogen-bond acceptors (Lipinski definition) is 3. The Labute approximate surface area is 76.5 Å². The lowest BCUT2D eigenvalue weighted by atomic mass is 10.1. The SMILES string of the molecule is CCC(C)CN1C(=O)CSC1=O. The van der Waals surface area contributed by atoms with Crippen LogP contribution in [0.2, 0.25) is 0 Å². The molecule has 12 heavy (non-hydrogen) atoms. The van der Waals surface area contributed by atoms with Gasteiger partial charge in [0.05, 0.1) is 5.75 Å². The summed E-state index contributed by atoms with van der Waals surface area (Å²) in [7, 11) is 0. The first-order valence-electron chi connectivity index (χ1n) is 4.12. The zero-order valence-corrected chi connectivity index (χ0v) is 8.19. The van der Waals surface area contributed by atoms with Gasteiger partial charge in [0.25, 0.3) is 5.24 Å². The van der Waals surface area contributed by atoms with Gasteiger partial charge in [-0.3, -0.25) is 14.5 Å². The summed E-state index contributed by atoms with van der Waals surface area (Å²) in [4.78, 5) is 23.6. The van der Waals surface area contributed by atoms with Gasteiger partial charge in [-0.25, -0.2) is 0 Å². The highest BCUT2D eigenvalue weighted by Gasteiger charge is 2.30. The Hall–Kier alpha value is -0.510. The Morgan fingerprint density at radius 3 is 2.67 bits per heavy atom. The van der Waals surface area contributed by atoms with Gasteiger partial charge in [-0.15, -0.1) is 0 Å². The van der Waals surface area contributed by atoms with Crippen LogP contribution in [-0.4, -0.2) is 28.3 Å². The quantitative estimate of drug-likeness (QED) is 0.675. The highest BCUT2D eigenvalue weighted by atomic mass is 32.2. The van der Waals surface area contributed by atoms with Gasteiger partial charge >= 0.3 is 0 Å². The average Bonchev–Trinajstić information content (AvgIpc) is 2.35. The molecule has 0 N–H and O–H groups in total. The number of carbonyl (C=O) groups excluding carboxylic acids is 2. The molecule has 1 fully saturated rings. The molecule has 68 valence electrons. The second kappa shape index (κ2) is 3.94. The Bertz CT molecular complexity index is 189. The van der Waals surface area contributed by atoms with Crippen molar-refractivity contribution in [1.82, 2.24) is 4.90 Å². The lowest BCUT2D eigenvalue weighted by molar-refractivity contribution is -0.125. The third kappa shape index (κ3) is 2.00. The van der Waals surface area contributed by atoms with Crippen molar-refractivity contribution in [2.24, 2.45) is 5.92 Å². The summed E-state index contributed by atoms with van der Waals surface area (Å²) in [5.41, 5.74) is 0. The third-order valence-electron chi connectivity index (χ3n) is 2.03. The van der Waals surface area contributed by atoms with Crippen LogP contribution in [0.5, 0.6) is 0 Å².